The number of likely N-dealkylation sites (N-methyl/N-ethyl adjacent to an activating group) is 1. The maximum Gasteiger partial charge on any atom is 0.275 e. The number of rotatable bonds is 8. The molecule has 250 valence electrons. The number of benzene rings is 3. The topological polar surface area (TPSA) is 107 Å². The normalized spacial score (nSPS) is 14.4. The van der Waals surface area contributed by atoms with Gasteiger partial charge >= 0.3 is 0 Å². The lowest BCUT2D eigenvalue weighted by Crippen LogP contribution is -2.32. The molecular weight excluding hydrogens is 639 g/mol. The Labute approximate surface area is 284 Å². The number of carbonyl (C=O) groups is 1. The Balaban J connectivity index is 1.11. The number of nitrogens with zero attached hydrogens (tertiary/aromatic N) is 5. The Morgan fingerprint density at radius 1 is 0.837 bits per heavy atom. The first-order valence-corrected chi connectivity index (χ1v) is 17.7. The predicted molar refractivity (Wildman–Crippen MR) is 191 cm³/mol. The smallest absolute Gasteiger partial charge is 0.275 e. The van der Waals surface area contributed by atoms with Crippen molar-refractivity contribution in [1.29, 1.82) is 0 Å². The van der Waals surface area contributed by atoms with Crippen LogP contribution in [-0.4, -0.2) is 77.5 Å². The first kappa shape index (κ1) is 32.3. The van der Waals surface area contributed by atoms with Gasteiger partial charge in [0.25, 0.3) is 15.6 Å². The van der Waals surface area contributed by atoms with Crippen LogP contribution in [0.2, 0.25) is 0 Å². The number of carbonyl (C=O) groups excluding carboxylic acids is 1. The Bertz CT molecular complexity index is 2360. The fraction of sp³-hybridized carbons (Fsp3) is 0.237. The molecule has 0 spiro atoms. The lowest BCUT2D eigenvalue weighted by molar-refractivity contribution is -0.129. The molecule has 49 heavy (non-hydrogen) atoms. The minimum absolute atomic E-state index is 0.104. The number of hydrogen-bond acceptors (Lipinski definition) is 7. The van der Waals surface area contributed by atoms with Crippen LogP contribution in [0.15, 0.2) is 107 Å². The van der Waals surface area contributed by atoms with Gasteiger partial charge in [-0.25, -0.2) is 17.4 Å². The summed E-state index contributed by atoms with van der Waals surface area (Å²) in [6, 6.07) is 26.0. The van der Waals surface area contributed by atoms with Crippen molar-refractivity contribution in [2.24, 2.45) is 7.05 Å². The molecule has 4 heterocycles. The van der Waals surface area contributed by atoms with Crippen molar-refractivity contribution in [2.75, 3.05) is 39.8 Å². The summed E-state index contributed by atoms with van der Waals surface area (Å²) in [7, 11) is -0.509. The van der Waals surface area contributed by atoms with Gasteiger partial charge in [0.05, 0.1) is 16.1 Å². The molecule has 0 unspecified atom stereocenters. The standard InChI is InChI=1S/C38H37N5O5S/c1-26-4-12-31(13-5-26)49(46,47)43-19-16-32-33(25-41(3)38(45)37(32)43)28-8-14-35-29(24-28)9-15-34(39-35)27-6-10-30(11-7-27)48-23-22-42-18-17-36(44)40(2)20-21-42/h4-16,19,24-25H,17-18,20-23H2,1-3H3. The molecule has 0 aliphatic carbocycles. The predicted octanol–water partition coefficient (Wildman–Crippen LogP) is 5.31. The van der Waals surface area contributed by atoms with Crippen LogP contribution in [0.4, 0.5) is 0 Å². The molecule has 1 aliphatic heterocycles. The Morgan fingerprint density at radius 3 is 2.37 bits per heavy atom. The maximum absolute atomic E-state index is 13.6. The van der Waals surface area contributed by atoms with E-state index in [9.17, 15) is 18.0 Å². The van der Waals surface area contributed by atoms with Gasteiger partial charge in [0.1, 0.15) is 17.9 Å². The van der Waals surface area contributed by atoms with Crippen molar-refractivity contribution in [3.8, 4) is 28.1 Å². The van der Waals surface area contributed by atoms with Crippen LogP contribution in [-0.2, 0) is 21.9 Å². The second-order valence-electron chi connectivity index (χ2n) is 12.5. The number of hydrogen-bond donors (Lipinski definition) is 0. The lowest BCUT2D eigenvalue weighted by Gasteiger charge is -2.19. The Hall–Kier alpha value is -5.26. The zero-order chi connectivity index (χ0) is 34.3. The summed E-state index contributed by atoms with van der Waals surface area (Å²) in [6.07, 6.45) is 3.74. The van der Waals surface area contributed by atoms with Crippen LogP contribution in [0.1, 0.15) is 12.0 Å². The molecule has 0 radical (unpaired) electrons. The van der Waals surface area contributed by atoms with Gasteiger partial charge < -0.3 is 14.2 Å². The third-order valence-electron chi connectivity index (χ3n) is 9.21. The van der Waals surface area contributed by atoms with Crippen LogP contribution in [0.5, 0.6) is 5.75 Å². The summed E-state index contributed by atoms with van der Waals surface area (Å²) in [4.78, 5) is 34.3. The number of amides is 1. The summed E-state index contributed by atoms with van der Waals surface area (Å²) in [6.45, 7) is 5.54. The monoisotopic (exact) mass is 675 g/mol. The van der Waals surface area contributed by atoms with Gasteiger partial charge in [-0.2, -0.15) is 0 Å². The molecule has 7 rings (SSSR count). The van der Waals surface area contributed by atoms with Gasteiger partial charge in [0.15, 0.2) is 0 Å². The second-order valence-corrected chi connectivity index (χ2v) is 14.3. The van der Waals surface area contributed by atoms with E-state index in [-0.39, 0.29) is 16.3 Å². The molecule has 0 bridgehead atoms. The molecule has 1 fully saturated rings. The van der Waals surface area contributed by atoms with Crippen LogP contribution in [0.3, 0.4) is 0 Å². The Kier molecular flexibility index (Phi) is 8.56. The number of aryl methyl sites for hydroxylation is 2. The zero-order valence-corrected chi connectivity index (χ0v) is 28.5. The lowest BCUT2D eigenvalue weighted by atomic mass is 10.0. The van der Waals surface area contributed by atoms with E-state index in [4.69, 9.17) is 9.72 Å². The number of pyridine rings is 2. The van der Waals surface area contributed by atoms with Gasteiger partial charge in [-0.1, -0.05) is 29.8 Å². The van der Waals surface area contributed by atoms with E-state index in [0.29, 0.717) is 18.4 Å². The average Bonchev–Trinajstić information content (AvgIpc) is 3.50. The molecule has 0 saturated carbocycles. The number of ether oxygens (including phenoxy) is 1. The van der Waals surface area contributed by atoms with Crippen LogP contribution in [0.25, 0.3) is 44.2 Å². The number of fused-ring (bicyclic) bond motifs is 2. The minimum Gasteiger partial charge on any atom is -0.492 e. The molecule has 3 aromatic carbocycles. The van der Waals surface area contributed by atoms with E-state index in [0.717, 1.165) is 74.8 Å². The van der Waals surface area contributed by atoms with Gasteiger partial charge in [-0.05, 0) is 73.2 Å². The first-order chi connectivity index (χ1) is 23.6. The summed E-state index contributed by atoms with van der Waals surface area (Å²) < 4.78 is 35.7. The third kappa shape index (κ3) is 6.34. The zero-order valence-electron chi connectivity index (χ0n) is 27.7. The minimum atomic E-state index is -3.99. The Morgan fingerprint density at radius 2 is 1.59 bits per heavy atom. The van der Waals surface area contributed by atoms with E-state index >= 15 is 0 Å². The largest absolute Gasteiger partial charge is 0.492 e. The fourth-order valence-corrected chi connectivity index (χ4v) is 7.59. The van der Waals surface area contributed by atoms with Crippen molar-refractivity contribution in [1.82, 2.24) is 23.3 Å². The maximum atomic E-state index is 13.6. The highest BCUT2D eigenvalue weighted by Gasteiger charge is 2.23. The highest BCUT2D eigenvalue weighted by atomic mass is 32.2. The molecule has 3 aromatic heterocycles. The highest BCUT2D eigenvalue weighted by molar-refractivity contribution is 7.90. The summed E-state index contributed by atoms with van der Waals surface area (Å²) in [5, 5.41) is 1.47. The van der Waals surface area contributed by atoms with Crippen molar-refractivity contribution in [3.05, 3.63) is 113 Å². The number of aromatic nitrogens is 3. The van der Waals surface area contributed by atoms with Gasteiger partial charge in [0, 0.05) is 81.0 Å². The highest BCUT2D eigenvalue weighted by Crippen LogP contribution is 2.32. The van der Waals surface area contributed by atoms with E-state index in [1.54, 1.807) is 48.5 Å². The van der Waals surface area contributed by atoms with Crippen molar-refractivity contribution in [3.63, 3.8) is 0 Å². The van der Waals surface area contributed by atoms with E-state index < -0.39 is 15.6 Å². The molecule has 0 N–H and O–H groups in total. The molecule has 0 atom stereocenters. The summed E-state index contributed by atoms with van der Waals surface area (Å²) in [5.74, 6) is 0.966. The molecule has 11 heteroatoms. The molecule has 10 nitrogen and oxygen atoms in total. The van der Waals surface area contributed by atoms with E-state index in [2.05, 4.69) is 4.90 Å². The first-order valence-electron chi connectivity index (χ1n) is 16.2. The average molecular weight is 676 g/mol. The van der Waals surface area contributed by atoms with Gasteiger partial charge in [0.2, 0.25) is 5.91 Å². The van der Waals surface area contributed by atoms with Crippen LogP contribution in [0, 0.1) is 6.92 Å². The molecule has 1 aliphatic rings. The summed E-state index contributed by atoms with van der Waals surface area (Å²) >= 11 is 0. The molecule has 1 amide bonds. The second kappa shape index (κ2) is 13.0. The van der Waals surface area contributed by atoms with E-state index in [1.165, 1.54) is 10.8 Å². The van der Waals surface area contributed by atoms with Crippen LogP contribution < -0.4 is 10.3 Å². The van der Waals surface area contributed by atoms with E-state index in [1.807, 2.05) is 68.6 Å². The molecule has 6 aromatic rings. The SMILES string of the molecule is Cc1ccc(S(=O)(=O)n2ccc3c(-c4ccc5nc(-c6ccc(OCCN7CCC(=O)N(C)CC7)cc6)ccc5c4)cn(C)c(=O)c32)cc1. The quantitative estimate of drug-likeness (QED) is 0.215. The molecule has 1 saturated heterocycles. The van der Waals surface area contributed by atoms with Crippen molar-refractivity contribution < 1.29 is 17.9 Å². The van der Waals surface area contributed by atoms with Gasteiger partial charge in [-0.15, -0.1) is 0 Å². The summed E-state index contributed by atoms with van der Waals surface area (Å²) in [5.41, 5.74) is 4.83. The molecular formula is C38H37N5O5S. The van der Waals surface area contributed by atoms with Gasteiger partial charge in [-0.3, -0.25) is 14.5 Å². The van der Waals surface area contributed by atoms with Crippen LogP contribution >= 0.6 is 0 Å². The third-order valence-corrected chi connectivity index (χ3v) is 10.9. The van der Waals surface area contributed by atoms with Crippen molar-refractivity contribution >= 4 is 37.7 Å². The van der Waals surface area contributed by atoms with Crippen molar-refractivity contribution in [2.45, 2.75) is 18.2 Å². The fourth-order valence-electron chi connectivity index (χ4n) is 6.25.